The molecule has 0 saturated carbocycles. The van der Waals surface area contributed by atoms with Gasteiger partial charge in [-0.2, -0.15) is 9.29 Å². The van der Waals surface area contributed by atoms with Gasteiger partial charge in [0.1, 0.15) is 0 Å². The summed E-state index contributed by atoms with van der Waals surface area (Å²) in [6.45, 7) is 0.608. The van der Waals surface area contributed by atoms with Gasteiger partial charge < -0.3 is 4.52 Å². The average Bonchev–Trinajstić information content (AvgIpc) is 3.15. The first-order valence-electron chi connectivity index (χ1n) is 7.24. The van der Waals surface area contributed by atoms with Gasteiger partial charge in [-0.15, -0.1) is 0 Å². The quantitative estimate of drug-likeness (QED) is 0.828. The first-order chi connectivity index (χ1) is 10.5. The van der Waals surface area contributed by atoms with Crippen LogP contribution in [0.2, 0.25) is 0 Å². The van der Waals surface area contributed by atoms with Crippen molar-refractivity contribution in [1.82, 2.24) is 19.4 Å². The molecule has 0 bridgehead atoms. The maximum absolute atomic E-state index is 11.7. The zero-order valence-corrected chi connectivity index (χ0v) is 13.2. The van der Waals surface area contributed by atoms with Crippen molar-refractivity contribution in [2.24, 2.45) is 0 Å². The number of hydrogen-bond donors (Lipinski definition) is 0. The average molecular weight is 322 g/mol. The molecule has 2 aromatic rings. The molecule has 1 atom stereocenters. The minimum atomic E-state index is -3.13. The van der Waals surface area contributed by atoms with Crippen molar-refractivity contribution >= 4 is 10.0 Å². The van der Waals surface area contributed by atoms with Gasteiger partial charge in [-0.05, 0) is 31.4 Å². The number of sulfonamides is 1. The van der Waals surface area contributed by atoms with Gasteiger partial charge in [-0.3, -0.25) is 4.98 Å². The topological polar surface area (TPSA) is 89.2 Å². The minimum Gasteiger partial charge on any atom is -0.334 e. The van der Waals surface area contributed by atoms with E-state index in [1.165, 1.54) is 6.26 Å². The molecular weight excluding hydrogens is 304 g/mol. The van der Waals surface area contributed by atoms with Crippen molar-refractivity contribution in [1.29, 1.82) is 0 Å². The highest BCUT2D eigenvalue weighted by molar-refractivity contribution is 7.88. The number of pyridine rings is 1. The lowest BCUT2D eigenvalue weighted by atomic mass is 10.1. The fraction of sp³-hybridized carbons (Fsp3) is 0.500. The lowest BCUT2D eigenvalue weighted by Crippen LogP contribution is -2.34. The van der Waals surface area contributed by atoms with Gasteiger partial charge in [0.05, 0.1) is 11.8 Å². The number of rotatable bonds is 5. The van der Waals surface area contributed by atoms with Crippen LogP contribution in [0.15, 0.2) is 29.0 Å². The van der Waals surface area contributed by atoms with E-state index in [1.807, 2.05) is 12.1 Å². The van der Waals surface area contributed by atoms with Gasteiger partial charge in [-0.1, -0.05) is 5.16 Å². The molecule has 0 amide bonds. The van der Waals surface area contributed by atoms with Gasteiger partial charge in [0.2, 0.25) is 10.0 Å². The summed E-state index contributed by atoms with van der Waals surface area (Å²) in [5.74, 6) is 1.04. The van der Waals surface area contributed by atoms with Crippen molar-refractivity contribution in [3.63, 3.8) is 0 Å². The van der Waals surface area contributed by atoms with Crippen molar-refractivity contribution < 1.29 is 12.9 Å². The molecule has 1 aliphatic rings. The molecule has 7 nitrogen and oxygen atoms in total. The monoisotopic (exact) mass is 322 g/mol. The fourth-order valence-electron chi connectivity index (χ4n) is 2.79. The smallest absolute Gasteiger partial charge is 0.259 e. The Hall–Kier alpha value is -1.80. The largest absolute Gasteiger partial charge is 0.334 e. The lowest BCUT2D eigenvalue weighted by molar-refractivity contribution is 0.367. The Bertz CT molecular complexity index is 730. The van der Waals surface area contributed by atoms with Gasteiger partial charge in [-0.25, -0.2) is 8.42 Å². The first kappa shape index (κ1) is 15.1. The highest BCUT2D eigenvalue weighted by Crippen LogP contribution is 2.24. The molecule has 0 aliphatic carbocycles. The predicted molar refractivity (Wildman–Crippen MR) is 80.4 cm³/mol. The third-order valence-electron chi connectivity index (χ3n) is 3.83. The van der Waals surface area contributed by atoms with E-state index >= 15 is 0 Å². The predicted octanol–water partition coefficient (Wildman–Crippen LogP) is 1.49. The zero-order chi connectivity index (χ0) is 15.6. The maximum Gasteiger partial charge on any atom is 0.259 e. The maximum atomic E-state index is 11.7. The number of aromatic nitrogens is 3. The zero-order valence-electron chi connectivity index (χ0n) is 12.3. The van der Waals surface area contributed by atoms with Crippen molar-refractivity contribution in [3.05, 3.63) is 30.4 Å². The van der Waals surface area contributed by atoms with E-state index in [2.05, 4.69) is 15.1 Å². The number of nitrogens with zero attached hydrogens (tertiary/aromatic N) is 4. The SMILES string of the molecule is CS(=O)(=O)N1CCCC1CCc1noc(-c2cccnc2)n1. The highest BCUT2D eigenvalue weighted by atomic mass is 32.2. The molecule has 118 valence electrons. The van der Waals surface area contributed by atoms with Crippen LogP contribution < -0.4 is 0 Å². The van der Waals surface area contributed by atoms with E-state index in [9.17, 15) is 8.42 Å². The molecule has 1 saturated heterocycles. The lowest BCUT2D eigenvalue weighted by Gasteiger charge is -2.21. The van der Waals surface area contributed by atoms with Crippen LogP contribution in [0.3, 0.4) is 0 Å². The summed E-state index contributed by atoms with van der Waals surface area (Å²) in [7, 11) is -3.13. The van der Waals surface area contributed by atoms with E-state index in [4.69, 9.17) is 4.52 Å². The van der Waals surface area contributed by atoms with Crippen LogP contribution in [0.1, 0.15) is 25.1 Å². The second kappa shape index (κ2) is 6.13. The van der Waals surface area contributed by atoms with Crippen molar-refractivity contribution in [3.8, 4) is 11.5 Å². The van der Waals surface area contributed by atoms with E-state index in [-0.39, 0.29) is 6.04 Å². The Morgan fingerprint density at radius 3 is 3.05 bits per heavy atom. The Kier molecular flexibility index (Phi) is 4.21. The number of hydrogen-bond acceptors (Lipinski definition) is 6. The molecule has 3 heterocycles. The van der Waals surface area contributed by atoms with Crippen LogP contribution in [-0.2, 0) is 16.4 Å². The minimum absolute atomic E-state index is 0.0374. The molecule has 1 aliphatic heterocycles. The Morgan fingerprint density at radius 1 is 1.45 bits per heavy atom. The molecule has 2 aromatic heterocycles. The first-order valence-corrected chi connectivity index (χ1v) is 9.08. The molecule has 0 N–H and O–H groups in total. The van der Waals surface area contributed by atoms with Crippen LogP contribution in [-0.4, -0.2) is 46.7 Å². The summed E-state index contributed by atoms with van der Waals surface area (Å²) < 4.78 is 30.2. The molecule has 0 aromatic carbocycles. The molecule has 8 heteroatoms. The Morgan fingerprint density at radius 2 is 2.32 bits per heavy atom. The summed E-state index contributed by atoms with van der Waals surface area (Å²) in [4.78, 5) is 8.36. The third kappa shape index (κ3) is 3.33. The van der Waals surface area contributed by atoms with Gasteiger partial charge in [0, 0.05) is 31.4 Å². The van der Waals surface area contributed by atoms with Crippen LogP contribution in [0.25, 0.3) is 11.5 Å². The van der Waals surface area contributed by atoms with Gasteiger partial charge in [0.15, 0.2) is 5.82 Å². The summed E-state index contributed by atoms with van der Waals surface area (Å²) in [6, 6.07) is 3.70. The van der Waals surface area contributed by atoms with Crippen LogP contribution in [0, 0.1) is 0 Å². The molecule has 3 rings (SSSR count). The van der Waals surface area contributed by atoms with Crippen LogP contribution >= 0.6 is 0 Å². The molecule has 0 spiro atoms. The normalized spacial score (nSPS) is 19.6. The Balaban J connectivity index is 1.64. The van der Waals surface area contributed by atoms with E-state index in [1.54, 1.807) is 16.7 Å². The van der Waals surface area contributed by atoms with E-state index in [0.29, 0.717) is 31.1 Å². The van der Waals surface area contributed by atoms with Crippen molar-refractivity contribution in [2.75, 3.05) is 12.8 Å². The van der Waals surface area contributed by atoms with E-state index in [0.717, 1.165) is 18.4 Å². The van der Waals surface area contributed by atoms with Gasteiger partial charge >= 0.3 is 0 Å². The summed E-state index contributed by atoms with van der Waals surface area (Å²) in [5.41, 5.74) is 0.778. The fourth-order valence-corrected chi connectivity index (χ4v) is 4.01. The summed E-state index contributed by atoms with van der Waals surface area (Å²) >= 11 is 0. The summed E-state index contributed by atoms with van der Waals surface area (Å²) in [6.07, 6.45) is 7.71. The Labute approximate surface area is 129 Å². The standard InChI is InChI=1S/C14H18N4O3S/c1-22(19,20)18-9-3-5-12(18)6-7-13-16-14(21-17-13)11-4-2-8-15-10-11/h2,4,8,10,12H,3,5-7,9H2,1H3. The second-order valence-corrected chi connectivity index (χ2v) is 7.40. The highest BCUT2D eigenvalue weighted by Gasteiger charge is 2.31. The summed E-state index contributed by atoms with van der Waals surface area (Å²) in [5, 5.41) is 3.96. The molecular formula is C14H18N4O3S. The molecule has 1 fully saturated rings. The van der Waals surface area contributed by atoms with Crippen molar-refractivity contribution in [2.45, 2.75) is 31.7 Å². The molecule has 22 heavy (non-hydrogen) atoms. The number of aryl methyl sites for hydroxylation is 1. The molecule has 1 unspecified atom stereocenters. The second-order valence-electron chi connectivity index (χ2n) is 5.47. The van der Waals surface area contributed by atoms with Crippen LogP contribution in [0.5, 0.6) is 0 Å². The van der Waals surface area contributed by atoms with Gasteiger partial charge in [0.25, 0.3) is 5.89 Å². The molecule has 0 radical (unpaired) electrons. The van der Waals surface area contributed by atoms with E-state index < -0.39 is 10.0 Å². The van der Waals surface area contributed by atoms with Crippen LogP contribution in [0.4, 0.5) is 0 Å². The third-order valence-corrected chi connectivity index (χ3v) is 5.16.